The van der Waals surface area contributed by atoms with Crippen molar-refractivity contribution in [1.29, 1.82) is 5.26 Å². The van der Waals surface area contributed by atoms with Crippen molar-refractivity contribution in [2.75, 3.05) is 43.4 Å². The van der Waals surface area contributed by atoms with Gasteiger partial charge in [0.1, 0.15) is 23.8 Å². The number of halogens is 1. The number of imidazole rings is 1. The van der Waals surface area contributed by atoms with Crippen LogP contribution in [0.3, 0.4) is 0 Å². The van der Waals surface area contributed by atoms with E-state index in [1.807, 2.05) is 28.7 Å². The lowest BCUT2D eigenvalue weighted by Gasteiger charge is -2.48. The quantitative estimate of drug-likeness (QED) is 0.338. The molecule has 8 heterocycles. The number of fused-ring (bicyclic) bond motifs is 4. The lowest BCUT2D eigenvalue weighted by molar-refractivity contribution is 0.107. The van der Waals surface area contributed by atoms with E-state index in [0.29, 0.717) is 54.4 Å². The first-order valence-electron chi connectivity index (χ1n) is 13.8. The molecule has 1 unspecified atom stereocenters. The number of nitrogens with zero attached hydrogens (tertiary/aromatic N) is 8. The molecule has 0 amide bonds. The summed E-state index contributed by atoms with van der Waals surface area (Å²) < 4.78 is 26.9. The average Bonchev–Trinajstić information content (AvgIpc) is 3.76. The third kappa shape index (κ3) is 3.82. The minimum absolute atomic E-state index is 0.0169. The molecule has 0 bridgehead atoms. The summed E-state index contributed by atoms with van der Waals surface area (Å²) in [5.74, 6) is 1.58. The van der Waals surface area contributed by atoms with Gasteiger partial charge in [-0.15, -0.1) is 23.1 Å². The molecular formula is C27H28FN9OS3. The van der Waals surface area contributed by atoms with E-state index >= 15 is 0 Å². The molecule has 8 rings (SSSR count). The number of thioether (sulfide) groups is 1. The number of hydrogen-bond donors (Lipinski definition) is 1. The fraction of sp³-hybridized carbons (Fsp3) is 0.519. The molecule has 4 aliphatic rings. The molecule has 1 spiro atoms. The lowest BCUT2D eigenvalue weighted by Crippen LogP contribution is -2.57. The lowest BCUT2D eigenvalue weighted by atomic mass is 9.88. The van der Waals surface area contributed by atoms with Gasteiger partial charge in [-0.05, 0) is 43.9 Å². The third-order valence-electron chi connectivity index (χ3n) is 9.15. The molecule has 0 aromatic carbocycles. The zero-order valence-electron chi connectivity index (χ0n) is 22.4. The van der Waals surface area contributed by atoms with Crippen molar-refractivity contribution < 1.29 is 9.13 Å². The van der Waals surface area contributed by atoms with Gasteiger partial charge in [0.25, 0.3) is 0 Å². The van der Waals surface area contributed by atoms with Crippen LogP contribution in [0.15, 0.2) is 18.6 Å². The number of aromatic nitrogens is 5. The first-order chi connectivity index (χ1) is 19.9. The molecule has 0 saturated carbocycles. The molecule has 10 nitrogen and oxygen atoms in total. The number of hydrogen-bond acceptors (Lipinski definition) is 12. The highest BCUT2D eigenvalue weighted by atomic mass is 32.2. The molecule has 41 heavy (non-hydrogen) atoms. The van der Waals surface area contributed by atoms with E-state index in [1.165, 1.54) is 27.7 Å². The molecule has 4 aromatic rings. The Kier molecular flexibility index (Phi) is 5.80. The van der Waals surface area contributed by atoms with Gasteiger partial charge in [0.15, 0.2) is 17.0 Å². The normalized spacial score (nSPS) is 25.4. The maximum atomic E-state index is 14.4. The largest absolute Gasteiger partial charge is 0.461 e. The van der Waals surface area contributed by atoms with Crippen molar-refractivity contribution >= 4 is 56.6 Å². The summed E-state index contributed by atoms with van der Waals surface area (Å²) in [6.45, 7) is 5.23. The predicted molar refractivity (Wildman–Crippen MR) is 158 cm³/mol. The van der Waals surface area contributed by atoms with Crippen molar-refractivity contribution in [2.24, 2.45) is 0 Å². The minimum atomic E-state index is -0.824. The Labute approximate surface area is 248 Å². The molecule has 3 saturated heterocycles. The molecule has 0 radical (unpaired) electrons. The molecule has 14 heteroatoms. The molecular weight excluding hydrogens is 582 g/mol. The Balaban J connectivity index is 1.15. The molecule has 3 atom stereocenters. The van der Waals surface area contributed by atoms with Gasteiger partial charge >= 0.3 is 6.01 Å². The summed E-state index contributed by atoms with van der Waals surface area (Å²) in [4.78, 5) is 21.3. The van der Waals surface area contributed by atoms with Crippen molar-refractivity contribution in [3.63, 3.8) is 0 Å². The Morgan fingerprint density at radius 2 is 2.22 bits per heavy atom. The Bertz CT molecular complexity index is 1690. The van der Waals surface area contributed by atoms with Gasteiger partial charge in [-0.3, -0.25) is 4.90 Å². The molecule has 3 fully saturated rings. The number of thiophene rings is 1. The fourth-order valence-corrected chi connectivity index (χ4v) is 10.6. The second-order valence-corrected chi connectivity index (χ2v) is 14.9. The van der Waals surface area contributed by atoms with Crippen LogP contribution < -0.4 is 15.4 Å². The second-order valence-electron chi connectivity index (χ2n) is 11.5. The Hall–Kier alpha value is -2.99. The number of nitrogens with two attached hydrogens (primary N) is 1. The van der Waals surface area contributed by atoms with Gasteiger partial charge in [0.05, 0.1) is 28.2 Å². The van der Waals surface area contributed by atoms with Crippen LogP contribution >= 0.6 is 34.6 Å². The maximum absolute atomic E-state index is 14.4. The van der Waals surface area contributed by atoms with Crippen molar-refractivity contribution in [1.82, 2.24) is 28.8 Å². The monoisotopic (exact) mass is 609 g/mol. The number of nitriles is 1. The zero-order chi connectivity index (χ0) is 27.9. The number of alkyl halides is 1. The van der Waals surface area contributed by atoms with E-state index < -0.39 is 6.17 Å². The van der Waals surface area contributed by atoms with Crippen LogP contribution in [0.5, 0.6) is 6.01 Å². The predicted octanol–water partition coefficient (Wildman–Crippen LogP) is 4.32. The highest BCUT2D eigenvalue weighted by Gasteiger charge is 2.53. The van der Waals surface area contributed by atoms with Gasteiger partial charge in [-0.25, -0.2) is 13.7 Å². The Morgan fingerprint density at radius 1 is 1.34 bits per heavy atom. The third-order valence-corrected chi connectivity index (χ3v) is 12.7. The van der Waals surface area contributed by atoms with Crippen molar-refractivity contribution in [3.8, 4) is 12.1 Å². The maximum Gasteiger partial charge on any atom is 0.320 e. The van der Waals surface area contributed by atoms with E-state index in [1.54, 1.807) is 6.20 Å². The summed E-state index contributed by atoms with van der Waals surface area (Å²) in [7, 11) is 0. The summed E-state index contributed by atoms with van der Waals surface area (Å²) in [5.41, 5.74) is 9.02. The van der Waals surface area contributed by atoms with E-state index in [0.717, 1.165) is 41.4 Å². The standard InChI is InChI=1S/C27H28FN9OS3/c1-15(18-3-5-32-41-18)37-14-31-21-23(35-11-27(12-35)20-17(8-29)22(30)40-19(20)10-39-27)33-25(34-24(21)37)38-13-26-4-2-6-36(26)9-16(28)7-26/h3,5,14-16H,2,4,6-7,9-13,30H2,1H3/t15?,16-,26+/m1/s1. The molecule has 4 aliphatic heterocycles. The van der Waals surface area contributed by atoms with Crippen LogP contribution in [0.4, 0.5) is 15.2 Å². The number of nitrogen functional groups attached to an aromatic ring is 1. The summed E-state index contributed by atoms with van der Waals surface area (Å²) in [5, 5.41) is 10.4. The van der Waals surface area contributed by atoms with Crippen LogP contribution in [0.25, 0.3) is 11.2 Å². The van der Waals surface area contributed by atoms with E-state index in [-0.39, 0.29) is 22.3 Å². The topological polar surface area (TPSA) is 122 Å². The summed E-state index contributed by atoms with van der Waals surface area (Å²) in [6.07, 6.45) is 5.24. The SMILES string of the molecule is CC(c1ccns1)n1cnc2c(N3CC4(C3)SCc3sc(N)c(C#N)c34)nc(OC[C@@]34CCCN3C[C@H](F)C4)nc21. The molecule has 0 aliphatic carbocycles. The summed E-state index contributed by atoms with van der Waals surface area (Å²) in [6, 6.07) is 4.62. The summed E-state index contributed by atoms with van der Waals surface area (Å²) >= 11 is 4.86. The van der Waals surface area contributed by atoms with Crippen LogP contribution in [0, 0.1) is 11.3 Å². The van der Waals surface area contributed by atoms with Crippen molar-refractivity contribution in [3.05, 3.63) is 39.5 Å². The number of rotatable bonds is 6. The molecule has 4 aromatic heterocycles. The van der Waals surface area contributed by atoms with E-state index in [4.69, 9.17) is 25.4 Å². The smallest absolute Gasteiger partial charge is 0.320 e. The molecule has 212 valence electrons. The second kappa shape index (κ2) is 9.26. The van der Waals surface area contributed by atoms with E-state index in [2.05, 4.69) is 27.2 Å². The number of anilines is 2. The zero-order valence-corrected chi connectivity index (χ0v) is 24.9. The van der Waals surface area contributed by atoms with Gasteiger partial charge in [0.2, 0.25) is 0 Å². The van der Waals surface area contributed by atoms with Gasteiger partial charge in [0, 0.05) is 53.3 Å². The first-order valence-corrected chi connectivity index (χ1v) is 16.3. The van der Waals surface area contributed by atoms with Gasteiger partial charge < -0.3 is 19.9 Å². The number of ether oxygens (including phenoxy) is 1. The fourth-order valence-electron chi connectivity index (χ4n) is 7.11. The van der Waals surface area contributed by atoms with Crippen molar-refractivity contribution in [2.45, 2.75) is 54.4 Å². The van der Waals surface area contributed by atoms with E-state index in [9.17, 15) is 9.65 Å². The Morgan fingerprint density at radius 3 is 3.02 bits per heavy atom. The first kappa shape index (κ1) is 25.7. The van der Waals surface area contributed by atoms with Crippen LogP contribution in [0.2, 0.25) is 0 Å². The van der Waals surface area contributed by atoms with Crippen LogP contribution in [-0.2, 0) is 10.5 Å². The van der Waals surface area contributed by atoms with Crippen LogP contribution in [0.1, 0.15) is 53.1 Å². The minimum Gasteiger partial charge on any atom is -0.461 e. The highest BCUT2D eigenvalue weighted by molar-refractivity contribution is 8.00. The van der Waals surface area contributed by atoms with Gasteiger partial charge in [-0.2, -0.15) is 15.2 Å². The highest BCUT2D eigenvalue weighted by Crippen LogP contribution is 2.58. The average molecular weight is 610 g/mol. The van der Waals surface area contributed by atoms with Gasteiger partial charge in [-0.1, -0.05) is 0 Å². The van der Waals surface area contributed by atoms with Crippen LogP contribution in [-0.4, -0.2) is 73.3 Å². The molecule has 2 N–H and O–H groups in total.